The van der Waals surface area contributed by atoms with Gasteiger partial charge in [-0.3, -0.25) is 4.79 Å². The SMILES string of the molecule is CCCS(=O)(=O)N1CCC(N(C)c2cc(F)cc(/C=C(\C)[C@H]3OC(=O)C[C@H](O)CC[C@H](C)[C@@H](OC(=O)N4CCN(C)CC4)/C=C/[C@@H]3C)c2)CC1. The molecule has 0 aliphatic carbocycles. The number of piperidine rings is 1. The molecule has 0 spiro atoms. The fraction of sp³-hybridized carbons (Fsp3) is 0.676. The maximum absolute atomic E-state index is 15.1. The molecular weight excluding hydrogens is 663 g/mol. The summed E-state index contributed by atoms with van der Waals surface area (Å²) in [5.41, 5.74) is 1.96. The molecule has 1 amide bonds. The normalized spacial score (nSPS) is 27.9. The molecule has 280 valence electrons. The van der Waals surface area contributed by atoms with Crippen molar-refractivity contribution < 1.29 is 37.0 Å². The molecule has 1 N–H and O–H groups in total. The summed E-state index contributed by atoms with van der Waals surface area (Å²) in [6.45, 7) is 11.2. The highest BCUT2D eigenvalue weighted by Crippen LogP contribution is 2.29. The lowest BCUT2D eigenvalue weighted by Gasteiger charge is -2.37. The quantitative estimate of drug-likeness (QED) is 0.295. The molecule has 0 aromatic heterocycles. The second kappa shape index (κ2) is 18.0. The Balaban J connectivity index is 1.52. The first kappa shape index (κ1) is 39.8. The molecule has 5 atom stereocenters. The number of anilines is 1. The van der Waals surface area contributed by atoms with Gasteiger partial charge in [-0.15, -0.1) is 0 Å². The van der Waals surface area contributed by atoms with Gasteiger partial charge in [0.1, 0.15) is 18.0 Å². The molecule has 0 bridgehead atoms. The van der Waals surface area contributed by atoms with E-state index in [0.717, 1.165) is 13.1 Å². The number of amides is 1. The van der Waals surface area contributed by atoms with E-state index >= 15 is 4.39 Å². The Labute approximate surface area is 298 Å². The topological polar surface area (TPSA) is 120 Å². The number of cyclic esters (lactones) is 1. The zero-order valence-corrected chi connectivity index (χ0v) is 31.4. The summed E-state index contributed by atoms with van der Waals surface area (Å²) in [5.74, 6) is -1.21. The molecular formula is C37H57FN4O7S. The highest BCUT2D eigenvalue weighted by Gasteiger charge is 2.31. The molecule has 3 aliphatic rings. The Hall–Kier alpha value is -3.00. The predicted molar refractivity (Wildman–Crippen MR) is 194 cm³/mol. The van der Waals surface area contributed by atoms with Crippen LogP contribution in [0.3, 0.4) is 0 Å². The lowest BCUT2D eigenvalue weighted by atomic mass is 9.91. The van der Waals surface area contributed by atoms with Crippen LogP contribution in [-0.2, 0) is 24.3 Å². The van der Waals surface area contributed by atoms with Gasteiger partial charge in [0.25, 0.3) is 0 Å². The van der Waals surface area contributed by atoms with Crippen molar-refractivity contribution in [1.82, 2.24) is 14.1 Å². The third-order valence-electron chi connectivity index (χ3n) is 10.2. The second-order valence-corrected chi connectivity index (χ2v) is 16.5. The first-order valence-electron chi connectivity index (χ1n) is 18.1. The van der Waals surface area contributed by atoms with E-state index in [-0.39, 0.29) is 36.1 Å². The minimum atomic E-state index is -3.26. The Morgan fingerprint density at radius 3 is 2.40 bits per heavy atom. The van der Waals surface area contributed by atoms with Gasteiger partial charge in [-0.05, 0) is 87.4 Å². The van der Waals surface area contributed by atoms with Crippen molar-refractivity contribution in [2.24, 2.45) is 11.8 Å². The van der Waals surface area contributed by atoms with E-state index in [1.54, 1.807) is 15.3 Å². The summed E-state index contributed by atoms with van der Waals surface area (Å²) in [5, 5.41) is 10.7. The number of piperazine rings is 1. The Morgan fingerprint density at radius 2 is 1.74 bits per heavy atom. The summed E-state index contributed by atoms with van der Waals surface area (Å²) >= 11 is 0. The molecule has 11 nitrogen and oxygen atoms in total. The molecule has 2 fully saturated rings. The summed E-state index contributed by atoms with van der Waals surface area (Å²) in [6.07, 6.45) is 5.67. The number of benzene rings is 1. The van der Waals surface area contributed by atoms with Crippen molar-refractivity contribution in [3.8, 4) is 0 Å². The molecule has 4 rings (SSSR count). The van der Waals surface area contributed by atoms with Crippen LogP contribution in [0.1, 0.15) is 71.8 Å². The number of aliphatic hydroxyl groups excluding tert-OH is 1. The van der Waals surface area contributed by atoms with Gasteiger partial charge in [-0.25, -0.2) is 21.9 Å². The summed E-state index contributed by atoms with van der Waals surface area (Å²) in [6, 6.07) is 4.83. The molecule has 13 heteroatoms. The van der Waals surface area contributed by atoms with E-state index in [9.17, 15) is 23.1 Å². The maximum atomic E-state index is 15.1. The Kier molecular flexibility index (Phi) is 14.3. The maximum Gasteiger partial charge on any atom is 0.410 e. The van der Waals surface area contributed by atoms with Crippen LogP contribution in [0.4, 0.5) is 14.9 Å². The van der Waals surface area contributed by atoms with Gasteiger partial charge >= 0.3 is 12.1 Å². The van der Waals surface area contributed by atoms with Crippen LogP contribution >= 0.6 is 0 Å². The minimum absolute atomic E-state index is 0.0485. The molecule has 0 saturated carbocycles. The van der Waals surface area contributed by atoms with Crippen molar-refractivity contribution in [2.75, 3.05) is 64.0 Å². The third-order valence-corrected chi connectivity index (χ3v) is 12.3. The number of likely N-dealkylation sites (N-methyl/N-ethyl adjacent to an activating group) is 1. The largest absolute Gasteiger partial charge is 0.457 e. The van der Waals surface area contributed by atoms with Crippen LogP contribution in [0.2, 0.25) is 0 Å². The van der Waals surface area contributed by atoms with E-state index in [4.69, 9.17) is 9.47 Å². The van der Waals surface area contributed by atoms with Crippen LogP contribution in [0.5, 0.6) is 0 Å². The summed E-state index contributed by atoms with van der Waals surface area (Å²) in [4.78, 5) is 32.0. The number of nitrogens with zero attached hydrogens (tertiary/aromatic N) is 4. The standard InChI is InChI=1S/C37H57FN4O7S/c1-7-20-50(46,47)42-14-12-31(13-15-42)40(6)32-23-29(22-30(38)24-32)21-28(4)36-27(3)9-11-34(26(2)8-10-33(43)25-35(44)49-36)48-37(45)41-18-16-39(5)17-19-41/h9,11,21-24,26-27,31,33-34,36,43H,7-8,10,12-20,25H2,1-6H3/b11-9+,28-21+/t26-,27-,33+,34-,36-/m0/s1. The molecule has 3 heterocycles. The number of hydrogen-bond acceptors (Lipinski definition) is 9. The van der Waals surface area contributed by atoms with Crippen LogP contribution in [0, 0.1) is 17.7 Å². The highest BCUT2D eigenvalue weighted by atomic mass is 32.2. The van der Waals surface area contributed by atoms with Gasteiger partial charge in [-0.1, -0.05) is 32.9 Å². The number of carbonyl (C=O) groups excluding carboxylic acids is 2. The number of hydrogen-bond donors (Lipinski definition) is 1. The molecule has 0 unspecified atom stereocenters. The van der Waals surface area contributed by atoms with Crippen LogP contribution < -0.4 is 4.90 Å². The number of halogens is 1. The van der Waals surface area contributed by atoms with Crippen LogP contribution in [0.25, 0.3) is 6.08 Å². The third kappa shape index (κ3) is 11.0. The highest BCUT2D eigenvalue weighted by molar-refractivity contribution is 7.89. The molecule has 3 aliphatic heterocycles. The fourth-order valence-electron chi connectivity index (χ4n) is 6.96. The van der Waals surface area contributed by atoms with E-state index < -0.39 is 40.1 Å². The minimum Gasteiger partial charge on any atom is -0.457 e. The van der Waals surface area contributed by atoms with Gasteiger partial charge < -0.3 is 29.3 Å². The van der Waals surface area contributed by atoms with Crippen molar-refractivity contribution in [2.45, 2.75) is 90.6 Å². The van der Waals surface area contributed by atoms with E-state index in [2.05, 4.69) is 4.90 Å². The number of esters is 1. The smallest absolute Gasteiger partial charge is 0.410 e. The van der Waals surface area contributed by atoms with Crippen LogP contribution in [-0.4, -0.2) is 123 Å². The number of carbonyl (C=O) groups is 2. The van der Waals surface area contributed by atoms with E-state index in [1.165, 1.54) is 12.1 Å². The van der Waals surface area contributed by atoms with Crippen molar-refractivity contribution in [3.63, 3.8) is 0 Å². The number of ether oxygens (including phenoxy) is 2. The van der Waals surface area contributed by atoms with Gasteiger partial charge in [0.15, 0.2) is 0 Å². The molecule has 0 radical (unpaired) electrons. The van der Waals surface area contributed by atoms with Crippen molar-refractivity contribution in [1.29, 1.82) is 0 Å². The summed E-state index contributed by atoms with van der Waals surface area (Å²) in [7, 11) is 0.663. The van der Waals surface area contributed by atoms with Gasteiger partial charge in [0, 0.05) is 64.0 Å². The van der Waals surface area contributed by atoms with Crippen molar-refractivity contribution >= 4 is 33.8 Å². The lowest BCUT2D eigenvalue weighted by Crippen LogP contribution is -2.48. The molecule has 2 saturated heterocycles. The molecule has 50 heavy (non-hydrogen) atoms. The molecule has 1 aromatic carbocycles. The van der Waals surface area contributed by atoms with Crippen molar-refractivity contribution in [3.05, 3.63) is 47.3 Å². The number of sulfonamides is 1. The van der Waals surface area contributed by atoms with E-state index in [0.29, 0.717) is 75.1 Å². The average molecular weight is 721 g/mol. The molecule has 1 aromatic rings. The predicted octanol–water partition coefficient (Wildman–Crippen LogP) is 4.91. The monoisotopic (exact) mass is 720 g/mol. The second-order valence-electron chi connectivity index (χ2n) is 14.4. The van der Waals surface area contributed by atoms with Crippen LogP contribution in [0.15, 0.2) is 35.9 Å². The number of rotatable bonds is 8. The van der Waals surface area contributed by atoms with Gasteiger partial charge in [0.05, 0.1) is 18.3 Å². The zero-order valence-electron chi connectivity index (χ0n) is 30.6. The Bertz CT molecular complexity index is 1470. The van der Waals surface area contributed by atoms with E-state index in [1.807, 2.05) is 64.9 Å². The summed E-state index contributed by atoms with van der Waals surface area (Å²) < 4.78 is 53.7. The first-order chi connectivity index (χ1) is 23.7. The zero-order chi connectivity index (χ0) is 36.6. The first-order valence-corrected chi connectivity index (χ1v) is 19.7. The lowest BCUT2D eigenvalue weighted by molar-refractivity contribution is -0.151. The fourth-order valence-corrected chi connectivity index (χ4v) is 8.50. The Morgan fingerprint density at radius 1 is 1.06 bits per heavy atom. The average Bonchev–Trinajstić information content (AvgIpc) is 3.07. The number of aliphatic hydroxyl groups is 1. The van der Waals surface area contributed by atoms with Gasteiger partial charge in [-0.2, -0.15) is 0 Å². The van der Waals surface area contributed by atoms with Gasteiger partial charge in [0.2, 0.25) is 10.0 Å².